The lowest BCUT2D eigenvalue weighted by Crippen LogP contribution is -2.12. The largest absolute Gasteiger partial charge is 0.380 e. The number of methoxy groups -OCH3 is 1. The van der Waals surface area contributed by atoms with E-state index < -0.39 is 0 Å². The van der Waals surface area contributed by atoms with Crippen molar-refractivity contribution in [1.29, 1.82) is 0 Å². The Morgan fingerprint density at radius 1 is 0.842 bits per heavy atom. The quantitative estimate of drug-likeness (QED) is 0.859. The Labute approximate surface area is 113 Å². The van der Waals surface area contributed by atoms with Gasteiger partial charge in [-0.25, -0.2) is 4.39 Å². The molecule has 0 saturated carbocycles. The molecule has 0 aliphatic rings. The topological polar surface area (TPSA) is 21.3 Å². The lowest BCUT2D eigenvalue weighted by Gasteiger charge is -2.06. The maximum absolute atomic E-state index is 12.7. The molecule has 0 fully saturated rings. The van der Waals surface area contributed by atoms with E-state index in [1.807, 2.05) is 0 Å². The molecular formula is C16H18FNO. The van der Waals surface area contributed by atoms with Crippen LogP contribution in [0.15, 0.2) is 48.5 Å². The zero-order valence-corrected chi connectivity index (χ0v) is 11.0. The van der Waals surface area contributed by atoms with Gasteiger partial charge in [-0.2, -0.15) is 0 Å². The molecule has 19 heavy (non-hydrogen) atoms. The molecule has 0 spiro atoms. The van der Waals surface area contributed by atoms with Gasteiger partial charge in [-0.05, 0) is 28.8 Å². The first-order valence-corrected chi connectivity index (χ1v) is 6.30. The highest BCUT2D eigenvalue weighted by Crippen LogP contribution is 2.06. The number of hydrogen-bond donors (Lipinski definition) is 1. The molecule has 0 heterocycles. The van der Waals surface area contributed by atoms with Crippen LogP contribution in [0.3, 0.4) is 0 Å². The van der Waals surface area contributed by atoms with Crippen LogP contribution in [-0.4, -0.2) is 7.11 Å². The molecule has 0 amide bonds. The van der Waals surface area contributed by atoms with E-state index in [0.717, 1.165) is 18.7 Å². The summed E-state index contributed by atoms with van der Waals surface area (Å²) in [4.78, 5) is 0. The van der Waals surface area contributed by atoms with Crippen LogP contribution in [0, 0.1) is 5.82 Å². The van der Waals surface area contributed by atoms with Gasteiger partial charge >= 0.3 is 0 Å². The molecule has 0 atom stereocenters. The van der Waals surface area contributed by atoms with E-state index in [0.29, 0.717) is 6.61 Å². The van der Waals surface area contributed by atoms with Crippen LogP contribution in [0.25, 0.3) is 0 Å². The first-order chi connectivity index (χ1) is 9.28. The summed E-state index contributed by atoms with van der Waals surface area (Å²) in [5.74, 6) is -0.197. The summed E-state index contributed by atoms with van der Waals surface area (Å²) < 4.78 is 17.8. The molecular weight excluding hydrogens is 241 g/mol. The number of rotatable bonds is 6. The van der Waals surface area contributed by atoms with Crippen LogP contribution in [-0.2, 0) is 24.4 Å². The van der Waals surface area contributed by atoms with Crippen LogP contribution in [0.1, 0.15) is 16.7 Å². The average Bonchev–Trinajstić information content (AvgIpc) is 2.43. The highest BCUT2D eigenvalue weighted by Gasteiger charge is 1.96. The summed E-state index contributed by atoms with van der Waals surface area (Å²) >= 11 is 0. The van der Waals surface area contributed by atoms with Crippen LogP contribution in [0.2, 0.25) is 0 Å². The highest BCUT2D eigenvalue weighted by atomic mass is 19.1. The Hall–Kier alpha value is -1.71. The van der Waals surface area contributed by atoms with Gasteiger partial charge < -0.3 is 10.1 Å². The normalized spacial score (nSPS) is 10.6. The third kappa shape index (κ3) is 4.47. The second-order valence-electron chi connectivity index (χ2n) is 4.48. The molecule has 2 aromatic rings. The third-order valence-electron chi connectivity index (χ3n) is 2.91. The number of ether oxygens (including phenoxy) is 1. The van der Waals surface area contributed by atoms with Gasteiger partial charge in [0.2, 0.25) is 0 Å². The maximum Gasteiger partial charge on any atom is 0.123 e. The maximum atomic E-state index is 12.7. The van der Waals surface area contributed by atoms with Crippen molar-refractivity contribution in [3.8, 4) is 0 Å². The molecule has 0 radical (unpaired) electrons. The van der Waals surface area contributed by atoms with E-state index in [2.05, 4.69) is 29.6 Å². The van der Waals surface area contributed by atoms with Crippen molar-refractivity contribution in [3.63, 3.8) is 0 Å². The Morgan fingerprint density at radius 3 is 1.84 bits per heavy atom. The SMILES string of the molecule is COCc1ccc(CNCc2ccc(F)cc2)cc1. The Kier molecular flexibility index (Phi) is 5.07. The summed E-state index contributed by atoms with van der Waals surface area (Å²) in [6.07, 6.45) is 0. The lowest BCUT2D eigenvalue weighted by atomic mass is 10.1. The smallest absolute Gasteiger partial charge is 0.123 e. The zero-order valence-electron chi connectivity index (χ0n) is 11.0. The zero-order chi connectivity index (χ0) is 13.5. The summed E-state index contributed by atoms with van der Waals surface area (Å²) in [5.41, 5.74) is 3.48. The average molecular weight is 259 g/mol. The standard InChI is InChI=1S/C16H18FNO/c1-19-12-15-4-2-13(3-5-15)10-18-11-14-6-8-16(17)9-7-14/h2-9,18H,10-12H2,1H3. The van der Waals surface area contributed by atoms with Gasteiger partial charge in [-0.1, -0.05) is 36.4 Å². The minimum atomic E-state index is -0.197. The fourth-order valence-electron chi connectivity index (χ4n) is 1.87. The number of nitrogens with one attached hydrogen (secondary N) is 1. The van der Waals surface area contributed by atoms with Gasteiger partial charge in [-0.15, -0.1) is 0 Å². The molecule has 3 heteroatoms. The van der Waals surface area contributed by atoms with Crippen molar-refractivity contribution in [1.82, 2.24) is 5.32 Å². The van der Waals surface area contributed by atoms with E-state index in [1.165, 1.54) is 23.3 Å². The molecule has 0 aliphatic heterocycles. The summed E-state index contributed by atoms with van der Waals surface area (Å²) in [7, 11) is 1.69. The third-order valence-corrected chi connectivity index (χ3v) is 2.91. The predicted octanol–water partition coefficient (Wildman–Crippen LogP) is 3.26. The Morgan fingerprint density at radius 2 is 1.32 bits per heavy atom. The number of hydrogen-bond acceptors (Lipinski definition) is 2. The van der Waals surface area contributed by atoms with Crippen molar-refractivity contribution in [2.45, 2.75) is 19.7 Å². The van der Waals surface area contributed by atoms with Crippen molar-refractivity contribution >= 4 is 0 Å². The second-order valence-corrected chi connectivity index (χ2v) is 4.48. The van der Waals surface area contributed by atoms with Crippen LogP contribution in [0.5, 0.6) is 0 Å². The molecule has 0 aliphatic carbocycles. The Bertz CT molecular complexity index is 493. The van der Waals surface area contributed by atoms with E-state index in [1.54, 1.807) is 19.2 Å². The first-order valence-electron chi connectivity index (χ1n) is 6.30. The van der Waals surface area contributed by atoms with Crippen molar-refractivity contribution in [2.24, 2.45) is 0 Å². The molecule has 0 saturated heterocycles. The molecule has 2 rings (SSSR count). The number of benzene rings is 2. The van der Waals surface area contributed by atoms with E-state index in [9.17, 15) is 4.39 Å². The van der Waals surface area contributed by atoms with E-state index in [4.69, 9.17) is 4.74 Å². The molecule has 0 aromatic heterocycles. The van der Waals surface area contributed by atoms with Gasteiger partial charge in [0.1, 0.15) is 5.82 Å². The van der Waals surface area contributed by atoms with Crippen molar-refractivity contribution in [2.75, 3.05) is 7.11 Å². The van der Waals surface area contributed by atoms with Gasteiger partial charge in [0.25, 0.3) is 0 Å². The minimum absolute atomic E-state index is 0.197. The second kappa shape index (κ2) is 7.02. The number of halogens is 1. The van der Waals surface area contributed by atoms with Crippen molar-refractivity contribution < 1.29 is 9.13 Å². The van der Waals surface area contributed by atoms with Crippen LogP contribution >= 0.6 is 0 Å². The summed E-state index contributed by atoms with van der Waals surface area (Å²) in [6, 6.07) is 14.9. The van der Waals surface area contributed by atoms with Gasteiger partial charge in [0, 0.05) is 20.2 Å². The van der Waals surface area contributed by atoms with Gasteiger partial charge in [0.05, 0.1) is 6.61 Å². The molecule has 100 valence electrons. The Balaban J connectivity index is 1.80. The van der Waals surface area contributed by atoms with Gasteiger partial charge in [-0.3, -0.25) is 0 Å². The minimum Gasteiger partial charge on any atom is -0.380 e. The highest BCUT2D eigenvalue weighted by molar-refractivity contribution is 5.22. The molecule has 0 bridgehead atoms. The van der Waals surface area contributed by atoms with E-state index in [-0.39, 0.29) is 5.82 Å². The first kappa shape index (κ1) is 13.7. The molecule has 2 nitrogen and oxygen atoms in total. The van der Waals surface area contributed by atoms with Crippen molar-refractivity contribution in [3.05, 3.63) is 71.0 Å². The van der Waals surface area contributed by atoms with Crippen LogP contribution < -0.4 is 5.32 Å². The molecule has 2 aromatic carbocycles. The monoisotopic (exact) mass is 259 g/mol. The predicted molar refractivity (Wildman–Crippen MR) is 74.1 cm³/mol. The fraction of sp³-hybridized carbons (Fsp3) is 0.250. The molecule has 0 unspecified atom stereocenters. The molecule has 1 N–H and O–H groups in total. The summed E-state index contributed by atoms with van der Waals surface area (Å²) in [6.45, 7) is 2.17. The lowest BCUT2D eigenvalue weighted by molar-refractivity contribution is 0.185. The fourth-order valence-corrected chi connectivity index (χ4v) is 1.87. The van der Waals surface area contributed by atoms with Crippen LogP contribution in [0.4, 0.5) is 4.39 Å². The summed E-state index contributed by atoms with van der Waals surface area (Å²) in [5, 5.41) is 3.34. The van der Waals surface area contributed by atoms with Gasteiger partial charge in [0.15, 0.2) is 0 Å². The van der Waals surface area contributed by atoms with E-state index >= 15 is 0 Å².